The first-order chi connectivity index (χ1) is 7.98. The van der Waals surface area contributed by atoms with Crippen molar-refractivity contribution in [3.8, 4) is 0 Å². The Kier molecular flexibility index (Phi) is 3.12. The summed E-state index contributed by atoms with van der Waals surface area (Å²) in [6.45, 7) is 1.91. The maximum absolute atomic E-state index is 12.1. The highest BCUT2D eigenvalue weighted by molar-refractivity contribution is 5.93. The molecule has 2 atom stereocenters. The molecule has 2 rings (SSSR count). The van der Waals surface area contributed by atoms with Crippen LogP contribution in [0, 0.1) is 5.41 Å². The van der Waals surface area contributed by atoms with Crippen LogP contribution in [0.15, 0.2) is 0 Å². The van der Waals surface area contributed by atoms with Gasteiger partial charge in [-0.05, 0) is 19.8 Å². The predicted molar refractivity (Wildman–Crippen MR) is 60.3 cm³/mol. The van der Waals surface area contributed by atoms with E-state index in [0.29, 0.717) is 6.54 Å². The standard InChI is InChI=1S/C12H19NO4/c1-8(14)9(10(15)16)13-7-12(11(13)17)5-3-2-4-6-12/h8-9,14H,2-7H2,1H3,(H,15,16). The van der Waals surface area contributed by atoms with Crippen molar-refractivity contribution in [3.63, 3.8) is 0 Å². The van der Waals surface area contributed by atoms with Crippen LogP contribution in [0.25, 0.3) is 0 Å². The highest BCUT2D eigenvalue weighted by Crippen LogP contribution is 2.45. The van der Waals surface area contributed by atoms with Gasteiger partial charge >= 0.3 is 5.97 Å². The quantitative estimate of drug-likeness (QED) is 0.710. The number of carbonyl (C=O) groups is 2. The number of β-lactam (4-membered cyclic amide) rings is 1. The van der Waals surface area contributed by atoms with Crippen LogP contribution in [0.5, 0.6) is 0 Å². The smallest absolute Gasteiger partial charge is 0.329 e. The number of aliphatic carboxylic acids is 1. The van der Waals surface area contributed by atoms with Gasteiger partial charge in [-0.1, -0.05) is 19.3 Å². The third kappa shape index (κ3) is 1.92. The average Bonchev–Trinajstić information content (AvgIpc) is 2.28. The van der Waals surface area contributed by atoms with Crippen LogP contribution in [0.3, 0.4) is 0 Å². The fourth-order valence-electron chi connectivity index (χ4n) is 3.10. The number of aliphatic hydroxyl groups is 1. The van der Waals surface area contributed by atoms with E-state index in [4.69, 9.17) is 5.11 Å². The van der Waals surface area contributed by atoms with Crippen LogP contribution < -0.4 is 0 Å². The largest absolute Gasteiger partial charge is 0.480 e. The number of rotatable bonds is 3. The minimum Gasteiger partial charge on any atom is -0.480 e. The monoisotopic (exact) mass is 241 g/mol. The van der Waals surface area contributed by atoms with Crippen molar-refractivity contribution in [3.05, 3.63) is 0 Å². The highest BCUT2D eigenvalue weighted by Gasteiger charge is 2.55. The molecule has 0 radical (unpaired) electrons. The van der Waals surface area contributed by atoms with E-state index >= 15 is 0 Å². The zero-order valence-corrected chi connectivity index (χ0v) is 10.1. The summed E-state index contributed by atoms with van der Waals surface area (Å²) in [6.07, 6.45) is 3.96. The minimum absolute atomic E-state index is 0.0782. The van der Waals surface area contributed by atoms with Crippen LogP contribution >= 0.6 is 0 Å². The Labute approximate surface area is 100 Å². The first kappa shape index (κ1) is 12.4. The van der Waals surface area contributed by atoms with Crippen molar-refractivity contribution < 1.29 is 19.8 Å². The van der Waals surface area contributed by atoms with Gasteiger partial charge in [0.05, 0.1) is 11.5 Å². The van der Waals surface area contributed by atoms with Gasteiger partial charge in [-0.25, -0.2) is 4.79 Å². The van der Waals surface area contributed by atoms with E-state index in [-0.39, 0.29) is 11.3 Å². The second kappa shape index (κ2) is 4.29. The Morgan fingerprint density at radius 2 is 1.94 bits per heavy atom. The fraction of sp³-hybridized carbons (Fsp3) is 0.833. The first-order valence-electron chi connectivity index (χ1n) is 6.20. The van der Waals surface area contributed by atoms with Gasteiger partial charge in [0.1, 0.15) is 0 Å². The lowest BCUT2D eigenvalue weighted by molar-refractivity contribution is -0.180. The van der Waals surface area contributed by atoms with E-state index in [1.807, 2.05) is 0 Å². The number of likely N-dealkylation sites (tertiary alicyclic amines) is 1. The second-order valence-electron chi connectivity index (χ2n) is 5.30. The van der Waals surface area contributed by atoms with Gasteiger partial charge in [0.2, 0.25) is 5.91 Å². The van der Waals surface area contributed by atoms with Crippen molar-refractivity contribution in [2.45, 2.75) is 51.2 Å². The van der Waals surface area contributed by atoms with Crippen molar-refractivity contribution in [2.75, 3.05) is 6.54 Å². The maximum Gasteiger partial charge on any atom is 0.329 e. The molecule has 1 spiro atoms. The number of carboxylic acid groups (broad SMARTS) is 1. The van der Waals surface area contributed by atoms with Crippen LogP contribution in [-0.2, 0) is 9.59 Å². The van der Waals surface area contributed by atoms with Gasteiger partial charge in [0, 0.05) is 6.54 Å². The zero-order valence-electron chi connectivity index (χ0n) is 10.1. The van der Waals surface area contributed by atoms with Gasteiger partial charge < -0.3 is 15.1 Å². The number of nitrogens with zero attached hydrogens (tertiary/aromatic N) is 1. The van der Waals surface area contributed by atoms with Crippen molar-refractivity contribution in [1.82, 2.24) is 4.90 Å². The summed E-state index contributed by atoms with van der Waals surface area (Å²) in [5.74, 6) is -1.20. The second-order valence-corrected chi connectivity index (χ2v) is 5.30. The first-order valence-corrected chi connectivity index (χ1v) is 6.20. The number of aliphatic hydroxyl groups excluding tert-OH is 1. The Morgan fingerprint density at radius 3 is 2.35 bits per heavy atom. The molecule has 0 aromatic carbocycles. The zero-order chi connectivity index (χ0) is 12.6. The molecule has 96 valence electrons. The molecule has 0 bridgehead atoms. The number of carboxylic acids is 1. The average molecular weight is 241 g/mol. The van der Waals surface area contributed by atoms with E-state index in [1.54, 1.807) is 0 Å². The summed E-state index contributed by atoms with van der Waals surface area (Å²) < 4.78 is 0. The number of carbonyl (C=O) groups excluding carboxylic acids is 1. The summed E-state index contributed by atoms with van der Waals surface area (Å²) in [5.41, 5.74) is -0.305. The van der Waals surface area contributed by atoms with E-state index in [1.165, 1.54) is 11.8 Å². The molecule has 2 unspecified atom stereocenters. The normalized spacial score (nSPS) is 26.5. The Morgan fingerprint density at radius 1 is 1.35 bits per heavy atom. The fourth-order valence-corrected chi connectivity index (χ4v) is 3.10. The van der Waals surface area contributed by atoms with Gasteiger partial charge in [0.25, 0.3) is 0 Å². The van der Waals surface area contributed by atoms with Gasteiger partial charge in [-0.2, -0.15) is 0 Å². The molecular weight excluding hydrogens is 222 g/mol. The highest BCUT2D eigenvalue weighted by atomic mass is 16.4. The maximum atomic E-state index is 12.1. The molecule has 1 saturated heterocycles. The van der Waals surface area contributed by atoms with Crippen LogP contribution in [-0.4, -0.2) is 45.7 Å². The summed E-state index contributed by atoms with van der Waals surface area (Å²) in [5, 5.41) is 18.5. The Bertz CT molecular complexity index is 333. The number of hydrogen-bond acceptors (Lipinski definition) is 3. The summed E-state index contributed by atoms with van der Waals surface area (Å²) in [6, 6.07) is -1.09. The molecule has 5 heteroatoms. The van der Waals surface area contributed by atoms with Gasteiger partial charge in [-0.15, -0.1) is 0 Å². The Hall–Kier alpha value is -1.10. The molecule has 2 N–H and O–H groups in total. The van der Waals surface area contributed by atoms with Crippen molar-refractivity contribution >= 4 is 11.9 Å². The van der Waals surface area contributed by atoms with Crippen LogP contribution in [0.2, 0.25) is 0 Å². The molecule has 0 aromatic rings. The molecule has 1 aliphatic heterocycles. The Balaban J connectivity index is 2.07. The third-order valence-corrected chi connectivity index (χ3v) is 4.04. The van der Waals surface area contributed by atoms with Gasteiger partial charge in [-0.3, -0.25) is 4.79 Å². The van der Waals surface area contributed by atoms with Crippen molar-refractivity contribution in [1.29, 1.82) is 0 Å². The third-order valence-electron chi connectivity index (χ3n) is 4.04. The minimum atomic E-state index is -1.13. The topological polar surface area (TPSA) is 77.8 Å². The van der Waals surface area contributed by atoms with E-state index in [2.05, 4.69) is 0 Å². The lowest BCUT2D eigenvalue weighted by Crippen LogP contribution is -2.68. The lowest BCUT2D eigenvalue weighted by atomic mass is 9.67. The molecule has 1 heterocycles. The van der Waals surface area contributed by atoms with E-state index in [0.717, 1.165) is 32.1 Å². The molecule has 1 saturated carbocycles. The summed E-state index contributed by atoms with van der Waals surface area (Å²) >= 11 is 0. The molecule has 2 fully saturated rings. The van der Waals surface area contributed by atoms with Crippen molar-refractivity contribution in [2.24, 2.45) is 5.41 Å². The number of amides is 1. The van der Waals surface area contributed by atoms with E-state index < -0.39 is 18.1 Å². The van der Waals surface area contributed by atoms with Crippen LogP contribution in [0.1, 0.15) is 39.0 Å². The molecule has 2 aliphatic rings. The molecule has 5 nitrogen and oxygen atoms in total. The molecular formula is C12H19NO4. The molecule has 1 aliphatic carbocycles. The van der Waals surface area contributed by atoms with E-state index in [9.17, 15) is 14.7 Å². The van der Waals surface area contributed by atoms with Crippen LogP contribution in [0.4, 0.5) is 0 Å². The SMILES string of the molecule is CC(O)C(C(=O)O)N1CC2(CCCCC2)C1=O. The molecule has 0 aromatic heterocycles. The molecule has 17 heavy (non-hydrogen) atoms. The summed E-state index contributed by atoms with van der Waals surface area (Å²) in [4.78, 5) is 24.5. The van der Waals surface area contributed by atoms with Gasteiger partial charge in [0.15, 0.2) is 6.04 Å². The lowest BCUT2D eigenvalue weighted by Gasteiger charge is -2.53. The molecule has 1 amide bonds. The number of hydrogen-bond donors (Lipinski definition) is 2. The predicted octanol–water partition coefficient (Wildman–Crippen LogP) is 0.613. The summed E-state index contributed by atoms with van der Waals surface area (Å²) in [7, 11) is 0.